The summed E-state index contributed by atoms with van der Waals surface area (Å²) in [5.74, 6) is 1.02. The number of sulfonamides is 1. The summed E-state index contributed by atoms with van der Waals surface area (Å²) < 4.78 is 48.1. The number of aromatic nitrogens is 6. The number of methoxy groups -OCH3 is 2. The van der Waals surface area contributed by atoms with Gasteiger partial charge >= 0.3 is 0 Å². The molecule has 1 aliphatic rings. The molecule has 0 aromatic carbocycles. The zero-order chi connectivity index (χ0) is 26.6. The van der Waals surface area contributed by atoms with Crippen molar-refractivity contribution in [2.45, 2.75) is 56.6 Å². The Hall–Kier alpha value is -2.87. The first kappa shape index (κ1) is 27.2. The molecule has 1 saturated heterocycles. The second-order valence-corrected chi connectivity index (χ2v) is 11.2. The molecule has 3 aromatic heterocycles. The summed E-state index contributed by atoms with van der Waals surface area (Å²) in [5.41, 5.74) is 0.484. The van der Waals surface area contributed by atoms with Crippen LogP contribution in [-0.4, -0.2) is 70.3 Å². The van der Waals surface area contributed by atoms with Gasteiger partial charge in [0.25, 0.3) is 0 Å². The van der Waals surface area contributed by atoms with E-state index >= 15 is 0 Å². The van der Waals surface area contributed by atoms with Crippen LogP contribution in [0.5, 0.6) is 5.88 Å². The number of nitrogens with one attached hydrogen (secondary N) is 1. The van der Waals surface area contributed by atoms with Crippen LogP contribution in [0, 0.1) is 0 Å². The van der Waals surface area contributed by atoms with Gasteiger partial charge < -0.3 is 14.2 Å². The fraction of sp³-hybridized carbons (Fsp3) is 0.522. The van der Waals surface area contributed by atoms with Gasteiger partial charge in [0.05, 0.1) is 24.3 Å². The lowest BCUT2D eigenvalue weighted by atomic mass is 10.0. The van der Waals surface area contributed by atoms with E-state index in [0.29, 0.717) is 29.0 Å². The minimum absolute atomic E-state index is 0.0417. The van der Waals surface area contributed by atoms with Crippen molar-refractivity contribution in [3.63, 3.8) is 0 Å². The normalized spacial score (nSPS) is 18.7. The van der Waals surface area contributed by atoms with E-state index in [2.05, 4.69) is 29.9 Å². The second kappa shape index (κ2) is 11.7. The topological polar surface area (TPSA) is 143 Å². The number of rotatable bonds is 10. The quantitative estimate of drug-likeness (QED) is 0.398. The Kier molecular flexibility index (Phi) is 8.57. The number of halogens is 1. The van der Waals surface area contributed by atoms with Crippen molar-refractivity contribution in [3.8, 4) is 17.4 Å². The maximum absolute atomic E-state index is 13.5. The Bertz CT molecular complexity index is 1300. The predicted octanol–water partition coefficient (Wildman–Crippen LogP) is 3.44. The molecular weight excluding hydrogens is 522 g/mol. The van der Waals surface area contributed by atoms with Gasteiger partial charge in [-0.15, -0.1) is 10.2 Å². The number of anilines is 1. The zero-order valence-corrected chi connectivity index (χ0v) is 22.6. The molecule has 14 heteroatoms. The van der Waals surface area contributed by atoms with Crippen LogP contribution in [0.25, 0.3) is 11.5 Å². The van der Waals surface area contributed by atoms with Crippen LogP contribution in [0.4, 0.5) is 5.95 Å². The fourth-order valence-corrected chi connectivity index (χ4v) is 5.48. The van der Waals surface area contributed by atoms with Gasteiger partial charge in [0.15, 0.2) is 11.6 Å². The van der Waals surface area contributed by atoms with Gasteiger partial charge in [0.1, 0.15) is 17.0 Å². The maximum Gasteiger partial charge on any atom is 0.240 e. The third-order valence-corrected chi connectivity index (χ3v) is 8.20. The lowest BCUT2D eigenvalue weighted by Crippen LogP contribution is -2.35. The van der Waals surface area contributed by atoms with Gasteiger partial charge in [-0.05, 0) is 39.2 Å². The first-order chi connectivity index (χ1) is 17.7. The van der Waals surface area contributed by atoms with Crippen molar-refractivity contribution in [2.75, 3.05) is 25.5 Å². The van der Waals surface area contributed by atoms with E-state index in [4.69, 9.17) is 25.8 Å². The molecule has 12 nitrogen and oxygen atoms in total. The molecule has 0 radical (unpaired) electrons. The third kappa shape index (κ3) is 6.00. The lowest BCUT2D eigenvalue weighted by molar-refractivity contribution is -0.0116. The average molecular weight is 552 g/mol. The van der Waals surface area contributed by atoms with Gasteiger partial charge in [-0.2, -0.15) is 0 Å². The molecule has 37 heavy (non-hydrogen) atoms. The summed E-state index contributed by atoms with van der Waals surface area (Å²) in [6.07, 6.45) is 4.49. The van der Waals surface area contributed by atoms with E-state index in [1.807, 2.05) is 6.92 Å². The predicted molar refractivity (Wildman–Crippen MR) is 137 cm³/mol. The smallest absolute Gasteiger partial charge is 0.240 e. The summed E-state index contributed by atoms with van der Waals surface area (Å²) in [5, 5.41) is 7.75. The molecule has 200 valence electrons. The summed E-state index contributed by atoms with van der Waals surface area (Å²) in [6, 6.07) is 4.97. The van der Waals surface area contributed by atoms with E-state index in [1.165, 1.54) is 33.5 Å². The Morgan fingerprint density at radius 3 is 2.57 bits per heavy atom. The lowest BCUT2D eigenvalue weighted by Gasteiger charge is -2.30. The summed E-state index contributed by atoms with van der Waals surface area (Å²) in [7, 11) is -1.13. The van der Waals surface area contributed by atoms with Crippen molar-refractivity contribution in [3.05, 3.63) is 41.4 Å². The Morgan fingerprint density at radius 1 is 1.16 bits per heavy atom. The standard InChI is InChI=1S/C23H30ClN7O5S/c1-14(18-9-5-6-11-36-18)31-22(17-8-7-10-19(27-17)34-3)28-29-23(31)30-37(32,33)15(2)20(35-4)21-25-12-16(24)13-26-21/h7-8,10,12-15,18,20H,5-6,9,11H2,1-4H3,(H,29,30)/t14?,15?,18-,20?/m1/s1. The molecule has 0 aliphatic carbocycles. The number of hydrogen-bond acceptors (Lipinski definition) is 10. The van der Waals surface area contributed by atoms with Crippen LogP contribution in [0.15, 0.2) is 30.6 Å². The number of hydrogen-bond donors (Lipinski definition) is 1. The van der Waals surface area contributed by atoms with Crippen LogP contribution in [0.1, 0.15) is 51.1 Å². The van der Waals surface area contributed by atoms with Crippen molar-refractivity contribution in [1.82, 2.24) is 29.7 Å². The highest BCUT2D eigenvalue weighted by Gasteiger charge is 2.36. The summed E-state index contributed by atoms with van der Waals surface area (Å²) >= 11 is 5.88. The molecule has 0 saturated carbocycles. The van der Waals surface area contributed by atoms with Gasteiger partial charge in [-0.1, -0.05) is 17.7 Å². The van der Waals surface area contributed by atoms with Crippen molar-refractivity contribution >= 4 is 27.6 Å². The molecule has 0 amide bonds. The van der Waals surface area contributed by atoms with Crippen LogP contribution >= 0.6 is 11.6 Å². The van der Waals surface area contributed by atoms with Gasteiger partial charge in [-0.3, -0.25) is 9.29 Å². The SMILES string of the molecule is COc1cccc(-c2nnc(NS(=O)(=O)C(C)C(OC)c3ncc(Cl)cn3)n2C(C)[C@H]2CCCCO2)n1. The largest absolute Gasteiger partial charge is 0.481 e. The van der Waals surface area contributed by atoms with E-state index < -0.39 is 21.4 Å². The molecule has 4 atom stereocenters. The van der Waals surface area contributed by atoms with Gasteiger partial charge in [0, 0.05) is 32.2 Å². The fourth-order valence-electron chi connectivity index (χ4n) is 4.25. The molecule has 4 rings (SSSR count). The van der Waals surface area contributed by atoms with Crippen LogP contribution in [0.2, 0.25) is 5.02 Å². The Labute approximate surface area is 220 Å². The number of pyridine rings is 1. The van der Waals surface area contributed by atoms with Crippen LogP contribution in [-0.2, 0) is 19.5 Å². The highest BCUT2D eigenvalue weighted by atomic mass is 35.5. The molecule has 1 N–H and O–H groups in total. The van der Waals surface area contributed by atoms with Crippen molar-refractivity contribution < 1.29 is 22.6 Å². The zero-order valence-electron chi connectivity index (χ0n) is 21.0. The minimum Gasteiger partial charge on any atom is -0.481 e. The molecule has 1 aliphatic heterocycles. The summed E-state index contributed by atoms with van der Waals surface area (Å²) in [4.78, 5) is 12.7. The highest BCUT2D eigenvalue weighted by Crippen LogP contribution is 2.32. The molecule has 0 spiro atoms. The maximum atomic E-state index is 13.5. The van der Waals surface area contributed by atoms with Crippen molar-refractivity contribution in [1.29, 1.82) is 0 Å². The molecule has 0 bridgehead atoms. The molecule has 3 unspecified atom stereocenters. The van der Waals surface area contributed by atoms with E-state index in [9.17, 15) is 8.42 Å². The van der Waals surface area contributed by atoms with Crippen LogP contribution < -0.4 is 9.46 Å². The third-order valence-electron chi connectivity index (χ3n) is 6.32. The molecular formula is C23H30ClN7O5S. The van der Waals surface area contributed by atoms with E-state index in [-0.39, 0.29) is 23.9 Å². The number of ether oxygens (including phenoxy) is 3. The minimum atomic E-state index is -4.05. The summed E-state index contributed by atoms with van der Waals surface area (Å²) in [6.45, 7) is 4.09. The Balaban J connectivity index is 1.70. The second-order valence-electron chi connectivity index (χ2n) is 8.70. The first-order valence-corrected chi connectivity index (χ1v) is 13.8. The van der Waals surface area contributed by atoms with Gasteiger partial charge in [-0.25, -0.2) is 23.4 Å². The molecule has 4 heterocycles. The number of nitrogens with zero attached hydrogens (tertiary/aromatic N) is 6. The van der Waals surface area contributed by atoms with E-state index in [0.717, 1.165) is 19.3 Å². The highest BCUT2D eigenvalue weighted by molar-refractivity contribution is 7.93. The first-order valence-electron chi connectivity index (χ1n) is 11.8. The van der Waals surface area contributed by atoms with Crippen LogP contribution in [0.3, 0.4) is 0 Å². The molecule has 1 fully saturated rings. The molecule has 3 aromatic rings. The Morgan fingerprint density at radius 2 is 1.92 bits per heavy atom. The van der Waals surface area contributed by atoms with E-state index in [1.54, 1.807) is 22.8 Å². The van der Waals surface area contributed by atoms with Crippen molar-refractivity contribution in [2.24, 2.45) is 0 Å². The monoisotopic (exact) mass is 551 g/mol. The van der Waals surface area contributed by atoms with Gasteiger partial charge in [0.2, 0.25) is 21.9 Å². The average Bonchev–Trinajstić information content (AvgIpc) is 3.32.